The van der Waals surface area contributed by atoms with E-state index in [2.05, 4.69) is 0 Å². The second kappa shape index (κ2) is 20.1. The average Bonchev–Trinajstić information content (AvgIpc) is 2.32. The molecular formula is C10H10N2Na4O9. The minimum Gasteiger partial charge on any atom is -0.550 e. The van der Waals surface area contributed by atoms with Crippen LogP contribution in [0, 0.1) is 0 Å². The van der Waals surface area contributed by atoms with Gasteiger partial charge in [-0.2, -0.15) is 0 Å². The zero-order valence-electron chi connectivity index (χ0n) is 14.5. The molecule has 0 aliphatic carbocycles. The fourth-order valence-electron chi connectivity index (χ4n) is 1.23. The van der Waals surface area contributed by atoms with E-state index in [0.717, 1.165) is 0 Å². The molecule has 0 aliphatic rings. The van der Waals surface area contributed by atoms with Gasteiger partial charge in [-0.25, -0.2) is 0 Å². The molecule has 0 aromatic heterocycles. The smallest absolute Gasteiger partial charge is 0.550 e. The number of carboxylic acids is 4. The van der Waals surface area contributed by atoms with Gasteiger partial charge in [-0.15, -0.1) is 0 Å². The van der Waals surface area contributed by atoms with Gasteiger partial charge in [-0.1, -0.05) is 0 Å². The summed E-state index contributed by atoms with van der Waals surface area (Å²) in [5.41, 5.74) is 0. The molecule has 1 amide bonds. The van der Waals surface area contributed by atoms with Crippen LogP contribution in [0.2, 0.25) is 0 Å². The average molecular weight is 394 g/mol. The maximum atomic E-state index is 11.3. The van der Waals surface area contributed by atoms with E-state index in [-0.39, 0.29) is 118 Å². The molecule has 0 saturated heterocycles. The van der Waals surface area contributed by atoms with Crippen LogP contribution in [-0.2, 0) is 24.0 Å². The fraction of sp³-hybridized carbons (Fsp3) is 0.500. The second-order valence-corrected chi connectivity index (χ2v) is 3.84. The Morgan fingerprint density at radius 3 is 1.36 bits per heavy atom. The minimum atomic E-state index is -1.88. The van der Waals surface area contributed by atoms with Crippen molar-refractivity contribution in [3.8, 4) is 0 Å². The zero-order valence-corrected chi connectivity index (χ0v) is 22.5. The normalized spacial score (nSPS) is 10.9. The van der Waals surface area contributed by atoms with Gasteiger partial charge >= 0.3 is 118 Å². The number of amides is 1. The molecule has 0 bridgehead atoms. The molecule has 0 spiro atoms. The third-order valence-electron chi connectivity index (χ3n) is 2.15. The third-order valence-corrected chi connectivity index (χ3v) is 2.15. The molecule has 0 rings (SSSR count). The van der Waals surface area contributed by atoms with Crippen LogP contribution in [-0.4, -0.2) is 48.4 Å². The van der Waals surface area contributed by atoms with E-state index in [9.17, 15) is 44.4 Å². The van der Waals surface area contributed by atoms with Crippen molar-refractivity contribution in [2.75, 3.05) is 6.54 Å². The number of carbonyl (C=O) groups is 5. The van der Waals surface area contributed by atoms with E-state index < -0.39 is 61.3 Å². The summed E-state index contributed by atoms with van der Waals surface area (Å²) in [5, 5.41) is 45.3. The molecule has 0 saturated carbocycles. The van der Waals surface area contributed by atoms with Gasteiger partial charge in [0.1, 0.15) is 0 Å². The molecule has 0 aliphatic heterocycles. The van der Waals surface area contributed by atoms with Crippen LogP contribution < -0.4 is 149 Å². The number of rotatable bonds is 10. The second-order valence-electron chi connectivity index (χ2n) is 3.84. The Bertz CT molecular complexity index is 464. The number of carboxylic acid groups (broad SMARTS) is 4. The zero-order chi connectivity index (χ0) is 16.6. The molecule has 118 valence electrons. The van der Waals surface area contributed by atoms with Gasteiger partial charge in [-0.3, -0.25) is 4.79 Å². The fourth-order valence-corrected chi connectivity index (χ4v) is 1.23. The van der Waals surface area contributed by atoms with Crippen LogP contribution in [0.3, 0.4) is 0 Å². The Balaban J connectivity index is -0.000000333. The summed E-state index contributed by atoms with van der Waals surface area (Å²) >= 11 is 0. The van der Waals surface area contributed by atoms with E-state index in [1.54, 1.807) is 5.32 Å². The van der Waals surface area contributed by atoms with Gasteiger partial charge < -0.3 is 50.2 Å². The summed E-state index contributed by atoms with van der Waals surface area (Å²) in [6, 6.07) is -3.60. The first-order valence-corrected chi connectivity index (χ1v) is 5.47. The van der Waals surface area contributed by atoms with Crippen molar-refractivity contribution in [2.45, 2.75) is 24.9 Å². The third kappa shape index (κ3) is 19.9. The van der Waals surface area contributed by atoms with Crippen molar-refractivity contribution in [2.24, 2.45) is 0 Å². The van der Waals surface area contributed by atoms with E-state index in [0.29, 0.717) is 0 Å². The van der Waals surface area contributed by atoms with Crippen molar-refractivity contribution in [1.29, 1.82) is 0 Å². The molecule has 0 aromatic rings. The largest absolute Gasteiger partial charge is 1.00 e. The Labute approximate surface area is 231 Å². The maximum absolute atomic E-state index is 11.3. The number of carbonyl (C=O) groups excluding carboxylic acids is 5. The number of aliphatic carboxylic acids is 4. The summed E-state index contributed by atoms with van der Waals surface area (Å²) < 4.78 is 0. The van der Waals surface area contributed by atoms with Crippen molar-refractivity contribution in [3.05, 3.63) is 0 Å². The summed E-state index contributed by atoms with van der Waals surface area (Å²) in [6.45, 7) is -0.789. The van der Waals surface area contributed by atoms with Crippen molar-refractivity contribution in [3.63, 3.8) is 0 Å². The van der Waals surface area contributed by atoms with Crippen LogP contribution in [0.15, 0.2) is 0 Å². The van der Waals surface area contributed by atoms with Gasteiger partial charge in [0, 0.05) is 24.8 Å². The van der Waals surface area contributed by atoms with E-state index >= 15 is 0 Å². The van der Waals surface area contributed by atoms with Crippen LogP contribution >= 0.6 is 0 Å². The first-order valence-electron chi connectivity index (χ1n) is 5.47. The molecule has 0 fully saturated rings. The Morgan fingerprint density at radius 1 is 0.680 bits per heavy atom. The maximum Gasteiger partial charge on any atom is 1.00 e. The predicted octanol–water partition coefficient (Wildman–Crippen LogP) is -19.8. The quantitative estimate of drug-likeness (QED) is 0.335. The summed E-state index contributed by atoms with van der Waals surface area (Å²) in [7, 11) is 0. The predicted molar refractivity (Wildman–Crippen MR) is 53.0 cm³/mol. The van der Waals surface area contributed by atoms with E-state index in [4.69, 9.17) is 0 Å². The molecule has 0 radical (unpaired) electrons. The molecule has 0 heterocycles. The molecule has 11 nitrogen and oxygen atoms in total. The summed E-state index contributed by atoms with van der Waals surface area (Å²) in [6.07, 6.45) is -2.02. The van der Waals surface area contributed by atoms with Gasteiger partial charge in [0.2, 0.25) is 5.91 Å². The van der Waals surface area contributed by atoms with Gasteiger partial charge in [-0.05, 0) is 0 Å². The van der Waals surface area contributed by atoms with Gasteiger partial charge in [0.15, 0.2) is 0 Å². The van der Waals surface area contributed by atoms with Gasteiger partial charge in [0.05, 0.1) is 30.6 Å². The first-order chi connectivity index (χ1) is 9.63. The standard InChI is InChI=1S/C10H14N2O9.4Na/c13-6(12-5(10(20)21)2-8(16)17)3-11-4(9(18)19)1-7(14)15;;;;/h4-5,11H,1-3H2,(H,12,13)(H,14,15)(H,16,17)(H,18,19)(H,20,21);;;;/q;4*+1/p-4/t4-,5-;;;;/m0..../s1. The molecular weight excluding hydrogens is 384 g/mol. The van der Waals surface area contributed by atoms with Gasteiger partial charge in [0.25, 0.3) is 0 Å². The SMILES string of the molecule is O=C([O-])C[C@H](NCC(=O)N[C@@H](CC(=O)[O-])C(=O)[O-])C(=O)[O-].[Na+].[Na+].[Na+].[Na+]. The number of nitrogens with one attached hydrogen (secondary N) is 2. The molecule has 2 atom stereocenters. The topological polar surface area (TPSA) is 202 Å². The molecule has 0 aromatic carbocycles. The van der Waals surface area contributed by atoms with Crippen molar-refractivity contribution in [1.82, 2.24) is 10.6 Å². The number of hydrogen-bond acceptors (Lipinski definition) is 10. The monoisotopic (exact) mass is 394 g/mol. The molecule has 15 heteroatoms. The molecule has 25 heavy (non-hydrogen) atoms. The first kappa shape index (κ1) is 37.1. The van der Waals surface area contributed by atoms with Crippen LogP contribution in [0.5, 0.6) is 0 Å². The minimum absolute atomic E-state index is 0. The van der Waals surface area contributed by atoms with E-state index in [1.807, 2.05) is 5.32 Å². The van der Waals surface area contributed by atoms with E-state index in [1.165, 1.54) is 0 Å². The summed E-state index contributed by atoms with van der Waals surface area (Å²) in [4.78, 5) is 52.9. The van der Waals surface area contributed by atoms with Crippen molar-refractivity contribution < 1.29 is 163 Å². The Hall–Kier alpha value is 1.31. The molecule has 0 unspecified atom stereocenters. The van der Waals surface area contributed by atoms with Crippen LogP contribution in [0.25, 0.3) is 0 Å². The van der Waals surface area contributed by atoms with Crippen molar-refractivity contribution >= 4 is 29.8 Å². The van der Waals surface area contributed by atoms with Crippen LogP contribution in [0.4, 0.5) is 0 Å². The Morgan fingerprint density at radius 2 is 1.04 bits per heavy atom. The van der Waals surface area contributed by atoms with Crippen LogP contribution in [0.1, 0.15) is 12.8 Å². The molecule has 2 N–H and O–H groups in total. The number of hydrogen-bond donors (Lipinski definition) is 2. The summed E-state index contributed by atoms with van der Waals surface area (Å²) in [5.74, 6) is -8.23. The Kier molecular flexibility index (Phi) is 29.8.